The molecule has 0 aliphatic heterocycles. The molecule has 0 spiro atoms. The second-order valence-electron chi connectivity index (χ2n) is 20.2. The Labute approximate surface area is 341 Å². The third kappa shape index (κ3) is 11.8. The summed E-state index contributed by atoms with van der Waals surface area (Å²) in [6.07, 6.45) is 15.3. The van der Waals surface area contributed by atoms with Crippen LogP contribution in [0.2, 0.25) is 26.2 Å². The fourth-order valence-corrected chi connectivity index (χ4v) is 66.7. The van der Waals surface area contributed by atoms with Gasteiger partial charge in [0.25, 0.3) is 0 Å². The van der Waals surface area contributed by atoms with Gasteiger partial charge in [0.15, 0.2) is 0 Å². The van der Waals surface area contributed by atoms with Crippen molar-refractivity contribution in [3.05, 3.63) is 82.2 Å². The van der Waals surface area contributed by atoms with Crippen LogP contribution in [0.15, 0.2) is 82.2 Å². The Hall–Kier alpha value is 0.674. The Balaban J connectivity index is 0.000000481. The Bertz CT molecular complexity index is 1300. The first-order valence-corrected chi connectivity index (χ1v) is 44.4. The zero-order chi connectivity index (χ0) is 36.9. The predicted octanol–water partition coefficient (Wildman–Crippen LogP) is 7.78. The number of hydrogen-bond acceptors (Lipinski definition) is 0. The molecule has 0 saturated heterocycles. The molecule has 0 bridgehead atoms. The van der Waals surface area contributed by atoms with E-state index in [9.17, 15) is 0 Å². The molecule has 0 N–H and O–H groups in total. The minimum Gasteiger partial charge on any atom is -1.00 e. The third-order valence-corrected chi connectivity index (χ3v) is 67.4. The fourth-order valence-electron chi connectivity index (χ4n) is 7.83. The van der Waals surface area contributed by atoms with Crippen LogP contribution in [-0.4, -0.2) is 12.0 Å². The summed E-state index contributed by atoms with van der Waals surface area (Å²) in [5.74, 6) is -1.20. The molecule has 0 fully saturated rings. The van der Waals surface area contributed by atoms with Gasteiger partial charge in [-0.15, -0.1) is 0 Å². The molecule has 0 unspecified atom stereocenters. The number of allylic oxidation sites excluding steroid dienone is 16. The largest absolute Gasteiger partial charge is 1.00 e. The molecule has 0 saturated carbocycles. The van der Waals surface area contributed by atoms with Crippen LogP contribution in [0.1, 0.15) is 136 Å². The summed E-state index contributed by atoms with van der Waals surface area (Å²) in [7, 11) is 0. The van der Waals surface area contributed by atoms with E-state index in [2.05, 4.69) is 161 Å². The summed E-state index contributed by atoms with van der Waals surface area (Å²) in [5.41, 5.74) is 14.6. The van der Waals surface area contributed by atoms with Gasteiger partial charge >= 0.3 is 320 Å². The summed E-state index contributed by atoms with van der Waals surface area (Å²) in [6.45, 7) is 48.7. The molecule has 6 heteroatoms. The van der Waals surface area contributed by atoms with E-state index in [-0.39, 0.29) is 24.8 Å². The molecular formula is C44H74Cl2Hf2Si2. The van der Waals surface area contributed by atoms with Crippen molar-refractivity contribution in [2.24, 2.45) is 21.7 Å². The molecule has 4 rings (SSSR count). The van der Waals surface area contributed by atoms with Crippen LogP contribution in [0.25, 0.3) is 0 Å². The summed E-state index contributed by atoms with van der Waals surface area (Å²) >= 11 is -3.71. The average molecular weight is 1090 g/mol. The molecule has 280 valence electrons. The zero-order valence-corrected chi connectivity index (χ0v) is 47.1. The van der Waals surface area contributed by atoms with Gasteiger partial charge in [0.2, 0.25) is 0 Å². The second kappa shape index (κ2) is 18.1. The van der Waals surface area contributed by atoms with Crippen LogP contribution in [0.4, 0.5) is 0 Å². The summed E-state index contributed by atoms with van der Waals surface area (Å²) in [5, 5.41) is 0. The minimum atomic E-state index is -1.85. The van der Waals surface area contributed by atoms with Gasteiger partial charge in [0.05, 0.1) is 0 Å². The van der Waals surface area contributed by atoms with Gasteiger partial charge in [-0.3, -0.25) is 0 Å². The van der Waals surface area contributed by atoms with Gasteiger partial charge in [0.1, 0.15) is 0 Å². The van der Waals surface area contributed by atoms with Crippen molar-refractivity contribution in [1.29, 1.82) is 0 Å². The van der Waals surface area contributed by atoms with Crippen LogP contribution in [0.5, 0.6) is 0 Å². The average Bonchev–Trinajstić information content (AvgIpc) is 3.67. The van der Waals surface area contributed by atoms with E-state index in [1.54, 1.807) is 44.6 Å². The standard InChI is InChI=1S/4C10H15.2C2H7Si.2ClH.2Hf/c4*1-8-5-6-9(7-8)10(2,3)4;2*1-3-2;;;;/h4*7H,6H2,1-4H3;2*3H,1-2H3;2*1H;;/q;;;;;;;;2*+1/p-2. The fraction of sp³-hybridized carbons (Fsp3) is 0.636. The molecule has 0 aromatic rings. The predicted molar refractivity (Wildman–Crippen MR) is 217 cm³/mol. The molecule has 0 amide bonds. The number of rotatable bonds is 6. The van der Waals surface area contributed by atoms with Crippen molar-refractivity contribution in [3.8, 4) is 0 Å². The molecule has 0 nitrogen and oxygen atoms in total. The monoisotopic (exact) mass is 1090 g/mol. The Morgan fingerprint density at radius 1 is 0.380 bits per heavy atom. The van der Waals surface area contributed by atoms with Crippen LogP contribution in [0, 0.1) is 21.7 Å². The summed E-state index contributed by atoms with van der Waals surface area (Å²) in [6, 6.07) is 0. The van der Waals surface area contributed by atoms with Crippen LogP contribution >= 0.6 is 0 Å². The van der Waals surface area contributed by atoms with Crippen molar-refractivity contribution < 1.29 is 66.0 Å². The molecule has 0 heterocycles. The molecule has 0 radical (unpaired) electrons. The van der Waals surface area contributed by atoms with E-state index in [0.29, 0.717) is 21.7 Å². The molecule has 50 heavy (non-hydrogen) atoms. The summed E-state index contributed by atoms with van der Waals surface area (Å²) in [4.78, 5) is 0. The minimum absolute atomic E-state index is 0. The molecule has 0 aromatic heterocycles. The maximum atomic E-state index is 2.63. The van der Waals surface area contributed by atoms with Gasteiger partial charge < -0.3 is 24.8 Å². The normalized spacial score (nSPS) is 18.7. The Morgan fingerprint density at radius 3 is 0.640 bits per heavy atom. The SMILES string of the molecule is CC1=[C]([Hf+]([C]2=C(C)C=C(C(C)(C)C)C2)[SiH](C)C)CC(C(C)(C)C)=C1.CC1=[C]([Hf+]([C]2=C(C)C=C(C(C)(C)C)C2)[SiH](C)C)CC(C(C)(C)C)=C1.[Cl-].[Cl-]. The van der Waals surface area contributed by atoms with Gasteiger partial charge in [-0.2, -0.15) is 0 Å². The van der Waals surface area contributed by atoms with Crippen molar-refractivity contribution in [2.75, 3.05) is 0 Å². The summed E-state index contributed by atoms with van der Waals surface area (Å²) < 4.78 is 7.79. The zero-order valence-electron chi connectivity index (χ0n) is 36.0. The van der Waals surface area contributed by atoms with Crippen LogP contribution in [0.3, 0.4) is 0 Å². The third-order valence-electron chi connectivity index (χ3n) is 11.2. The van der Waals surface area contributed by atoms with Crippen LogP contribution in [-0.2, 0) is 41.2 Å². The maximum absolute atomic E-state index is 2.63. The first kappa shape index (κ1) is 48.7. The van der Waals surface area contributed by atoms with E-state index in [0.717, 1.165) is 0 Å². The molecule has 4 aliphatic carbocycles. The molecule has 4 aliphatic rings. The van der Waals surface area contributed by atoms with E-state index in [1.165, 1.54) is 25.7 Å². The molecular weight excluding hydrogens is 1010 g/mol. The van der Waals surface area contributed by atoms with Gasteiger partial charge in [0, 0.05) is 0 Å². The first-order chi connectivity index (χ1) is 21.6. The van der Waals surface area contributed by atoms with E-state index < -0.39 is 53.2 Å². The molecule has 0 atom stereocenters. The van der Waals surface area contributed by atoms with Crippen LogP contribution < -0.4 is 24.8 Å². The van der Waals surface area contributed by atoms with Crippen molar-refractivity contribution >= 4 is 12.0 Å². The second-order valence-corrected chi connectivity index (χ2v) is 73.7. The van der Waals surface area contributed by atoms with Gasteiger partial charge in [-0.05, 0) is 0 Å². The maximum Gasteiger partial charge on any atom is -1.00 e. The van der Waals surface area contributed by atoms with E-state index >= 15 is 0 Å². The smallest absolute Gasteiger partial charge is 1.00 e. The van der Waals surface area contributed by atoms with E-state index in [4.69, 9.17) is 0 Å². The Kier molecular flexibility index (Phi) is 17.6. The molecule has 0 aromatic carbocycles. The van der Waals surface area contributed by atoms with Gasteiger partial charge in [-0.25, -0.2) is 0 Å². The number of halogens is 2. The quantitative estimate of drug-likeness (QED) is 0.239. The van der Waals surface area contributed by atoms with E-state index in [1.807, 2.05) is 13.3 Å². The van der Waals surface area contributed by atoms with Gasteiger partial charge in [-0.1, -0.05) is 0 Å². The van der Waals surface area contributed by atoms with Crippen molar-refractivity contribution in [2.45, 2.75) is 163 Å². The number of hydrogen-bond donors (Lipinski definition) is 0. The van der Waals surface area contributed by atoms with Crippen molar-refractivity contribution in [3.63, 3.8) is 0 Å². The van der Waals surface area contributed by atoms with Crippen molar-refractivity contribution in [1.82, 2.24) is 0 Å². The topological polar surface area (TPSA) is 0 Å². The first-order valence-electron chi connectivity index (χ1n) is 19.0. The Morgan fingerprint density at radius 2 is 0.540 bits per heavy atom.